The van der Waals surface area contributed by atoms with Crippen LogP contribution in [0.4, 0.5) is 0 Å². The highest BCUT2D eigenvalue weighted by molar-refractivity contribution is 5.76. The minimum Gasteiger partial charge on any atom is -0.497 e. The van der Waals surface area contributed by atoms with Crippen LogP contribution >= 0.6 is 0 Å². The van der Waals surface area contributed by atoms with Gasteiger partial charge in [0.25, 0.3) is 0 Å². The topological polar surface area (TPSA) is 58.9 Å². The van der Waals surface area contributed by atoms with E-state index in [-0.39, 0.29) is 0 Å². The molecule has 14 heavy (non-hydrogen) atoms. The maximum atomic E-state index is 10.7. The summed E-state index contributed by atoms with van der Waals surface area (Å²) in [5, 5.41) is 8.79. The summed E-state index contributed by atoms with van der Waals surface area (Å²) < 4.78 is 4.95. The molecule has 0 fully saturated rings. The van der Waals surface area contributed by atoms with Crippen molar-refractivity contribution in [2.24, 2.45) is 4.99 Å². The van der Waals surface area contributed by atoms with Crippen LogP contribution in [0, 0.1) is 0 Å². The Kier molecular flexibility index (Phi) is 3.23. The molecule has 1 unspecified atom stereocenters. The summed E-state index contributed by atoms with van der Waals surface area (Å²) in [7, 11) is 1.55. The molecular weight excluding hydrogens is 182 g/mol. The molecule has 0 saturated heterocycles. The lowest BCUT2D eigenvalue weighted by molar-refractivity contribution is -0.138. The molecule has 1 rings (SSSR count). The molecule has 0 amide bonds. The molecule has 0 radical (unpaired) electrons. The van der Waals surface area contributed by atoms with E-state index in [1.54, 1.807) is 31.4 Å². The smallest absolute Gasteiger partial charge is 0.333 e. The van der Waals surface area contributed by atoms with Crippen LogP contribution in [0.3, 0.4) is 0 Å². The molecule has 0 bridgehead atoms. The SMILES string of the molecule is C=NC(C(=O)O)c1ccc(OC)cc1. The van der Waals surface area contributed by atoms with E-state index in [1.807, 2.05) is 0 Å². The summed E-state index contributed by atoms with van der Waals surface area (Å²) in [6.07, 6.45) is 0. The predicted octanol–water partition coefficient (Wildman–Crippen LogP) is 1.52. The molecule has 0 aliphatic rings. The number of hydrogen-bond donors (Lipinski definition) is 1. The van der Waals surface area contributed by atoms with Gasteiger partial charge in [-0.2, -0.15) is 0 Å². The Hall–Kier alpha value is -1.84. The van der Waals surface area contributed by atoms with E-state index in [0.29, 0.717) is 11.3 Å². The molecule has 74 valence electrons. The Balaban J connectivity index is 2.94. The molecule has 0 aliphatic carbocycles. The summed E-state index contributed by atoms with van der Waals surface area (Å²) in [4.78, 5) is 14.2. The molecule has 0 aromatic heterocycles. The molecule has 4 heteroatoms. The third-order valence-electron chi connectivity index (χ3n) is 1.85. The lowest BCUT2D eigenvalue weighted by atomic mass is 10.1. The molecule has 1 N–H and O–H groups in total. The van der Waals surface area contributed by atoms with Crippen molar-refractivity contribution >= 4 is 12.7 Å². The molecule has 0 saturated carbocycles. The Morgan fingerprint density at radius 1 is 1.50 bits per heavy atom. The van der Waals surface area contributed by atoms with Crippen LogP contribution in [-0.2, 0) is 4.79 Å². The lowest BCUT2D eigenvalue weighted by Crippen LogP contribution is -2.08. The van der Waals surface area contributed by atoms with E-state index in [4.69, 9.17) is 9.84 Å². The fourth-order valence-corrected chi connectivity index (χ4v) is 1.11. The number of aliphatic carboxylic acids is 1. The largest absolute Gasteiger partial charge is 0.497 e. The number of hydrogen-bond acceptors (Lipinski definition) is 3. The van der Waals surface area contributed by atoms with Crippen LogP contribution in [0.1, 0.15) is 11.6 Å². The number of carboxylic acid groups (broad SMARTS) is 1. The van der Waals surface area contributed by atoms with Gasteiger partial charge < -0.3 is 9.84 Å². The summed E-state index contributed by atoms with van der Waals surface area (Å²) in [6.45, 7) is 3.24. The number of rotatable bonds is 4. The molecule has 0 spiro atoms. The first-order chi connectivity index (χ1) is 6.69. The lowest BCUT2D eigenvalue weighted by Gasteiger charge is -2.07. The van der Waals surface area contributed by atoms with Gasteiger partial charge in [-0.05, 0) is 24.4 Å². The first kappa shape index (κ1) is 10.2. The number of methoxy groups -OCH3 is 1. The second kappa shape index (κ2) is 4.41. The molecule has 1 aromatic carbocycles. The first-order valence-corrected chi connectivity index (χ1v) is 4.01. The zero-order valence-electron chi connectivity index (χ0n) is 7.80. The standard InChI is InChI=1S/C10H11NO3/c1-11-9(10(12)13)7-3-5-8(14-2)6-4-7/h3-6,9H,1H2,2H3,(H,12,13). The highest BCUT2D eigenvalue weighted by atomic mass is 16.5. The van der Waals surface area contributed by atoms with Crippen molar-refractivity contribution in [2.75, 3.05) is 7.11 Å². The maximum absolute atomic E-state index is 10.7. The third-order valence-corrected chi connectivity index (χ3v) is 1.85. The summed E-state index contributed by atoms with van der Waals surface area (Å²) in [5.41, 5.74) is 0.591. The monoisotopic (exact) mass is 193 g/mol. The van der Waals surface area contributed by atoms with Gasteiger partial charge in [-0.1, -0.05) is 12.1 Å². The number of ether oxygens (including phenoxy) is 1. The van der Waals surface area contributed by atoms with Gasteiger partial charge in [-0.15, -0.1) is 0 Å². The fourth-order valence-electron chi connectivity index (χ4n) is 1.11. The number of nitrogens with zero attached hydrogens (tertiary/aromatic N) is 1. The van der Waals surface area contributed by atoms with Crippen LogP contribution in [0.25, 0.3) is 0 Å². The summed E-state index contributed by atoms with van der Waals surface area (Å²) in [6, 6.07) is 5.80. The van der Waals surface area contributed by atoms with E-state index < -0.39 is 12.0 Å². The van der Waals surface area contributed by atoms with Crippen molar-refractivity contribution in [1.82, 2.24) is 0 Å². The van der Waals surface area contributed by atoms with Crippen LogP contribution in [-0.4, -0.2) is 24.9 Å². The highest BCUT2D eigenvalue weighted by Crippen LogP contribution is 2.20. The molecule has 1 aromatic rings. The van der Waals surface area contributed by atoms with Crippen LogP contribution in [0.15, 0.2) is 29.3 Å². The van der Waals surface area contributed by atoms with E-state index in [0.717, 1.165) is 0 Å². The first-order valence-electron chi connectivity index (χ1n) is 4.01. The van der Waals surface area contributed by atoms with Gasteiger partial charge in [-0.25, -0.2) is 4.79 Å². The summed E-state index contributed by atoms with van der Waals surface area (Å²) in [5.74, 6) is -0.327. The van der Waals surface area contributed by atoms with E-state index in [1.165, 1.54) is 0 Å². The number of benzene rings is 1. The maximum Gasteiger partial charge on any atom is 0.333 e. The second-order valence-corrected chi connectivity index (χ2v) is 2.70. The van der Waals surface area contributed by atoms with Crippen LogP contribution < -0.4 is 4.74 Å². The van der Waals surface area contributed by atoms with Crippen molar-refractivity contribution in [2.45, 2.75) is 6.04 Å². The normalized spacial score (nSPS) is 11.8. The van der Waals surface area contributed by atoms with E-state index in [2.05, 4.69) is 11.7 Å². The number of carbonyl (C=O) groups is 1. The van der Waals surface area contributed by atoms with Gasteiger partial charge in [0.15, 0.2) is 6.04 Å². The van der Waals surface area contributed by atoms with Gasteiger partial charge in [-0.3, -0.25) is 4.99 Å². The Morgan fingerprint density at radius 3 is 2.43 bits per heavy atom. The predicted molar refractivity (Wildman–Crippen MR) is 52.9 cm³/mol. The molecule has 0 heterocycles. The zero-order chi connectivity index (χ0) is 10.6. The quantitative estimate of drug-likeness (QED) is 0.737. The van der Waals surface area contributed by atoms with Gasteiger partial charge in [0.05, 0.1) is 7.11 Å². The average Bonchev–Trinajstić information content (AvgIpc) is 2.19. The number of carboxylic acids is 1. The fraction of sp³-hybridized carbons (Fsp3) is 0.200. The Labute approximate surface area is 81.9 Å². The molecule has 0 aliphatic heterocycles. The van der Waals surface area contributed by atoms with Gasteiger partial charge in [0.1, 0.15) is 5.75 Å². The highest BCUT2D eigenvalue weighted by Gasteiger charge is 2.16. The molecular formula is C10H11NO3. The minimum atomic E-state index is -1.01. The van der Waals surface area contributed by atoms with Crippen LogP contribution in [0.5, 0.6) is 5.75 Å². The third kappa shape index (κ3) is 2.10. The molecule has 4 nitrogen and oxygen atoms in total. The van der Waals surface area contributed by atoms with Gasteiger partial charge >= 0.3 is 5.97 Å². The van der Waals surface area contributed by atoms with Crippen molar-refractivity contribution < 1.29 is 14.6 Å². The summed E-state index contributed by atoms with van der Waals surface area (Å²) >= 11 is 0. The van der Waals surface area contributed by atoms with Crippen molar-refractivity contribution in [3.05, 3.63) is 29.8 Å². The second-order valence-electron chi connectivity index (χ2n) is 2.70. The number of aliphatic imine (C=N–C) groups is 1. The average molecular weight is 193 g/mol. The van der Waals surface area contributed by atoms with Crippen molar-refractivity contribution in [3.63, 3.8) is 0 Å². The van der Waals surface area contributed by atoms with Gasteiger partial charge in [0.2, 0.25) is 0 Å². The molecule has 1 atom stereocenters. The van der Waals surface area contributed by atoms with E-state index >= 15 is 0 Å². The van der Waals surface area contributed by atoms with Crippen molar-refractivity contribution in [1.29, 1.82) is 0 Å². The van der Waals surface area contributed by atoms with Crippen molar-refractivity contribution in [3.8, 4) is 5.75 Å². The Bertz CT molecular complexity index is 332. The Morgan fingerprint density at radius 2 is 2.07 bits per heavy atom. The zero-order valence-corrected chi connectivity index (χ0v) is 7.80. The van der Waals surface area contributed by atoms with Gasteiger partial charge in [0, 0.05) is 0 Å². The van der Waals surface area contributed by atoms with E-state index in [9.17, 15) is 4.79 Å². The minimum absolute atomic E-state index is 0.591. The van der Waals surface area contributed by atoms with Crippen LogP contribution in [0.2, 0.25) is 0 Å².